The zero-order valence-electron chi connectivity index (χ0n) is 8.01. The van der Waals surface area contributed by atoms with Crippen LogP contribution in [0.25, 0.3) is 0 Å². The number of halogens is 1. The molecule has 0 aromatic carbocycles. The Balaban J connectivity index is 3.56. The SMILES string of the molecule is CCCCOC(=O)CC(Br)C(C)=O. The number of hydrogen-bond donors (Lipinski definition) is 0. The minimum atomic E-state index is -0.401. The van der Waals surface area contributed by atoms with Crippen LogP contribution in [0.5, 0.6) is 0 Å². The Morgan fingerprint density at radius 1 is 1.46 bits per heavy atom. The van der Waals surface area contributed by atoms with Gasteiger partial charge in [0.25, 0.3) is 0 Å². The summed E-state index contributed by atoms with van der Waals surface area (Å²) < 4.78 is 4.88. The Morgan fingerprint density at radius 3 is 2.54 bits per heavy atom. The third kappa shape index (κ3) is 6.75. The van der Waals surface area contributed by atoms with E-state index in [0.717, 1.165) is 12.8 Å². The summed E-state index contributed by atoms with van der Waals surface area (Å²) in [5.74, 6) is -0.363. The van der Waals surface area contributed by atoms with E-state index in [0.29, 0.717) is 6.61 Å². The lowest BCUT2D eigenvalue weighted by molar-refractivity contribution is -0.144. The molecule has 0 saturated heterocycles. The number of ether oxygens (including phenoxy) is 1. The van der Waals surface area contributed by atoms with Gasteiger partial charge in [0.1, 0.15) is 5.78 Å². The van der Waals surface area contributed by atoms with Gasteiger partial charge in [-0.3, -0.25) is 9.59 Å². The average Bonchev–Trinajstić information content (AvgIpc) is 2.04. The molecule has 13 heavy (non-hydrogen) atoms. The molecule has 4 heteroatoms. The van der Waals surface area contributed by atoms with Crippen LogP contribution in [0, 0.1) is 0 Å². The van der Waals surface area contributed by atoms with Crippen LogP contribution in [0.2, 0.25) is 0 Å². The molecule has 0 spiro atoms. The van der Waals surface area contributed by atoms with Gasteiger partial charge in [-0.2, -0.15) is 0 Å². The molecule has 1 unspecified atom stereocenters. The molecule has 0 bridgehead atoms. The van der Waals surface area contributed by atoms with Crippen LogP contribution >= 0.6 is 15.9 Å². The van der Waals surface area contributed by atoms with Crippen LogP contribution in [-0.4, -0.2) is 23.2 Å². The van der Waals surface area contributed by atoms with E-state index < -0.39 is 4.83 Å². The third-order valence-corrected chi connectivity index (χ3v) is 2.52. The Labute approximate surface area is 87.0 Å². The molecule has 0 heterocycles. The van der Waals surface area contributed by atoms with Crippen LogP contribution < -0.4 is 0 Å². The molecule has 0 aromatic rings. The fourth-order valence-corrected chi connectivity index (χ4v) is 0.944. The topological polar surface area (TPSA) is 43.4 Å². The van der Waals surface area contributed by atoms with Gasteiger partial charge in [0.2, 0.25) is 0 Å². The molecule has 0 amide bonds. The number of unbranched alkanes of at least 4 members (excludes halogenated alkanes) is 1. The molecule has 3 nitrogen and oxygen atoms in total. The smallest absolute Gasteiger partial charge is 0.307 e. The maximum atomic E-state index is 11.0. The van der Waals surface area contributed by atoms with Crippen molar-refractivity contribution in [2.45, 2.75) is 37.9 Å². The third-order valence-electron chi connectivity index (χ3n) is 1.55. The van der Waals surface area contributed by atoms with Crippen molar-refractivity contribution in [3.05, 3.63) is 0 Å². The normalized spacial score (nSPS) is 12.2. The van der Waals surface area contributed by atoms with Gasteiger partial charge in [-0.25, -0.2) is 0 Å². The average molecular weight is 251 g/mol. The second-order valence-corrected chi connectivity index (χ2v) is 3.96. The number of Topliss-reactive ketones (excluding diaryl/α,β-unsaturated/α-hetero) is 1. The van der Waals surface area contributed by atoms with Crippen LogP contribution in [0.1, 0.15) is 33.1 Å². The summed E-state index contributed by atoms with van der Waals surface area (Å²) >= 11 is 3.10. The van der Waals surface area contributed by atoms with Crippen LogP contribution in [-0.2, 0) is 14.3 Å². The number of hydrogen-bond acceptors (Lipinski definition) is 3. The molecule has 0 aliphatic rings. The van der Waals surface area contributed by atoms with Gasteiger partial charge in [-0.1, -0.05) is 29.3 Å². The van der Waals surface area contributed by atoms with Gasteiger partial charge < -0.3 is 4.74 Å². The van der Waals surface area contributed by atoms with Gasteiger partial charge in [0.15, 0.2) is 0 Å². The van der Waals surface area contributed by atoms with E-state index in [4.69, 9.17) is 4.74 Å². The van der Waals surface area contributed by atoms with Crippen molar-refractivity contribution in [1.29, 1.82) is 0 Å². The summed E-state index contributed by atoms with van der Waals surface area (Å²) in [6, 6.07) is 0. The first kappa shape index (κ1) is 12.6. The Bertz CT molecular complexity index is 180. The van der Waals surface area contributed by atoms with Crippen molar-refractivity contribution < 1.29 is 14.3 Å². The molecule has 0 N–H and O–H groups in total. The number of carbonyl (C=O) groups excluding carboxylic acids is 2. The molecule has 1 atom stereocenters. The highest BCUT2D eigenvalue weighted by Gasteiger charge is 2.15. The largest absolute Gasteiger partial charge is 0.466 e. The van der Waals surface area contributed by atoms with Crippen LogP contribution in [0.15, 0.2) is 0 Å². The number of rotatable bonds is 6. The predicted molar refractivity (Wildman–Crippen MR) is 53.9 cm³/mol. The maximum absolute atomic E-state index is 11.0. The predicted octanol–water partition coefficient (Wildman–Crippen LogP) is 2.07. The summed E-state index contributed by atoms with van der Waals surface area (Å²) in [5.41, 5.74) is 0. The molecule has 0 rings (SSSR count). The summed E-state index contributed by atoms with van der Waals surface area (Å²) in [7, 11) is 0. The van der Waals surface area contributed by atoms with Crippen molar-refractivity contribution in [2.24, 2.45) is 0 Å². The van der Waals surface area contributed by atoms with E-state index in [1.54, 1.807) is 0 Å². The van der Waals surface area contributed by atoms with E-state index in [1.165, 1.54) is 6.92 Å². The zero-order chi connectivity index (χ0) is 10.3. The van der Waals surface area contributed by atoms with E-state index in [-0.39, 0.29) is 18.2 Å². The van der Waals surface area contributed by atoms with Gasteiger partial charge >= 0.3 is 5.97 Å². The van der Waals surface area contributed by atoms with E-state index in [9.17, 15) is 9.59 Å². The fraction of sp³-hybridized carbons (Fsp3) is 0.778. The highest BCUT2D eigenvalue weighted by molar-refractivity contribution is 9.10. The molecule has 0 aliphatic carbocycles. The van der Waals surface area contributed by atoms with Crippen LogP contribution in [0.3, 0.4) is 0 Å². The van der Waals surface area contributed by atoms with E-state index in [1.807, 2.05) is 6.92 Å². The monoisotopic (exact) mass is 250 g/mol. The summed E-state index contributed by atoms with van der Waals surface area (Å²) in [4.78, 5) is 21.4. The lowest BCUT2D eigenvalue weighted by Gasteiger charge is -2.05. The fourth-order valence-electron chi connectivity index (χ4n) is 0.679. The second-order valence-electron chi connectivity index (χ2n) is 2.86. The number of esters is 1. The summed E-state index contributed by atoms with van der Waals surface area (Å²) in [6.45, 7) is 3.92. The molecular formula is C9H15BrO3. The van der Waals surface area contributed by atoms with E-state index in [2.05, 4.69) is 15.9 Å². The maximum Gasteiger partial charge on any atom is 0.307 e. The minimum Gasteiger partial charge on any atom is -0.466 e. The van der Waals surface area contributed by atoms with Crippen molar-refractivity contribution in [3.63, 3.8) is 0 Å². The molecule has 0 fully saturated rings. The molecule has 0 saturated carbocycles. The lowest BCUT2D eigenvalue weighted by atomic mass is 10.2. The van der Waals surface area contributed by atoms with E-state index >= 15 is 0 Å². The zero-order valence-corrected chi connectivity index (χ0v) is 9.59. The van der Waals surface area contributed by atoms with Crippen molar-refractivity contribution in [3.8, 4) is 0 Å². The highest BCUT2D eigenvalue weighted by Crippen LogP contribution is 2.07. The van der Waals surface area contributed by atoms with Crippen molar-refractivity contribution in [2.75, 3.05) is 6.61 Å². The first-order valence-electron chi connectivity index (χ1n) is 4.38. The highest BCUT2D eigenvalue weighted by atomic mass is 79.9. The number of alkyl halides is 1. The molecule has 76 valence electrons. The van der Waals surface area contributed by atoms with Gasteiger partial charge in [0.05, 0.1) is 17.9 Å². The molecular weight excluding hydrogens is 236 g/mol. The molecule has 0 aliphatic heterocycles. The quantitative estimate of drug-likeness (QED) is 0.412. The molecule has 0 aromatic heterocycles. The number of carbonyl (C=O) groups is 2. The lowest BCUT2D eigenvalue weighted by Crippen LogP contribution is -2.17. The molecule has 0 radical (unpaired) electrons. The Morgan fingerprint density at radius 2 is 2.08 bits per heavy atom. The van der Waals surface area contributed by atoms with Crippen molar-refractivity contribution >= 4 is 27.7 Å². The Kier molecular flexibility index (Phi) is 6.86. The van der Waals surface area contributed by atoms with Gasteiger partial charge in [0, 0.05) is 0 Å². The number of ketones is 1. The van der Waals surface area contributed by atoms with Crippen molar-refractivity contribution in [1.82, 2.24) is 0 Å². The van der Waals surface area contributed by atoms with Gasteiger partial charge in [-0.15, -0.1) is 0 Å². The minimum absolute atomic E-state index is 0.0487. The standard InChI is InChI=1S/C9H15BrO3/c1-3-4-5-13-9(12)6-8(10)7(2)11/h8H,3-6H2,1-2H3. The second kappa shape index (κ2) is 7.06. The summed E-state index contributed by atoms with van der Waals surface area (Å²) in [5, 5.41) is 0. The first-order valence-corrected chi connectivity index (χ1v) is 5.29. The van der Waals surface area contributed by atoms with Gasteiger partial charge in [-0.05, 0) is 13.3 Å². The Hall–Kier alpha value is -0.380. The first-order chi connectivity index (χ1) is 6.07. The van der Waals surface area contributed by atoms with Crippen LogP contribution in [0.4, 0.5) is 0 Å². The summed E-state index contributed by atoms with van der Waals surface area (Å²) in [6.07, 6.45) is 2.00.